The minimum absolute atomic E-state index is 0.138. The van der Waals surface area contributed by atoms with Gasteiger partial charge in [0.2, 0.25) is 5.91 Å². The van der Waals surface area contributed by atoms with Crippen molar-refractivity contribution in [1.29, 1.82) is 0 Å². The molecule has 0 spiro atoms. The van der Waals surface area contributed by atoms with E-state index in [0.29, 0.717) is 17.1 Å². The molecule has 6 heteroatoms. The Morgan fingerprint density at radius 2 is 2.04 bits per heavy atom. The van der Waals surface area contributed by atoms with Crippen molar-refractivity contribution in [3.8, 4) is 0 Å². The molecule has 24 heavy (non-hydrogen) atoms. The summed E-state index contributed by atoms with van der Waals surface area (Å²) in [7, 11) is 0. The van der Waals surface area contributed by atoms with Crippen LogP contribution in [0.2, 0.25) is 0 Å². The maximum absolute atomic E-state index is 12.7. The summed E-state index contributed by atoms with van der Waals surface area (Å²) >= 11 is 1.53. The normalized spacial score (nSPS) is 13.2. The second-order valence-electron chi connectivity index (χ2n) is 6.11. The van der Waals surface area contributed by atoms with Gasteiger partial charge in [0, 0.05) is 18.0 Å². The Bertz CT molecular complexity index is 765. The molecule has 3 rings (SSSR count). The van der Waals surface area contributed by atoms with Crippen LogP contribution in [0.1, 0.15) is 51.8 Å². The second-order valence-corrected chi connectivity index (χ2v) is 7.21. The van der Waals surface area contributed by atoms with Gasteiger partial charge in [0.25, 0.3) is 5.91 Å². The average molecular weight is 343 g/mol. The van der Waals surface area contributed by atoms with E-state index >= 15 is 0 Å². The molecule has 1 aliphatic rings. The van der Waals surface area contributed by atoms with Crippen molar-refractivity contribution in [1.82, 2.24) is 10.3 Å². The van der Waals surface area contributed by atoms with Crippen molar-refractivity contribution in [3.05, 3.63) is 45.6 Å². The number of nitrogens with zero attached hydrogens (tertiary/aromatic N) is 1. The van der Waals surface area contributed by atoms with Crippen LogP contribution in [0.15, 0.2) is 18.3 Å². The largest absolute Gasteiger partial charge is 0.346 e. The highest BCUT2D eigenvalue weighted by molar-refractivity contribution is 7.17. The van der Waals surface area contributed by atoms with Crippen molar-refractivity contribution in [2.75, 3.05) is 5.32 Å². The summed E-state index contributed by atoms with van der Waals surface area (Å²) in [6.45, 7) is 3.83. The lowest BCUT2D eigenvalue weighted by Crippen LogP contribution is -2.25. The van der Waals surface area contributed by atoms with E-state index in [2.05, 4.69) is 15.6 Å². The third-order valence-corrected chi connectivity index (χ3v) is 5.30. The molecule has 0 atom stereocenters. The van der Waals surface area contributed by atoms with Crippen molar-refractivity contribution in [2.45, 2.75) is 46.1 Å². The summed E-state index contributed by atoms with van der Waals surface area (Å²) < 4.78 is 0. The summed E-state index contributed by atoms with van der Waals surface area (Å²) in [5.41, 5.74) is 3.64. The molecule has 0 radical (unpaired) electrons. The SMILES string of the molecule is CC(=O)Nc1sc2c(c1C(=O)NCc1ccc(C)cn1)CCCC2. The molecule has 0 aliphatic heterocycles. The fraction of sp³-hybridized carbons (Fsp3) is 0.389. The number of aromatic nitrogens is 1. The van der Waals surface area contributed by atoms with Gasteiger partial charge in [-0.05, 0) is 49.8 Å². The van der Waals surface area contributed by atoms with Gasteiger partial charge in [0.15, 0.2) is 0 Å². The Kier molecular flexibility index (Phi) is 4.94. The summed E-state index contributed by atoms with van der Waals surface area (Å²) in [5, 5.41) is 6.43. The number of hydrogen-bond acceptors (Lipinski definition) is 4. The predicted octanol–water partition coefficient (Wildman–Crippen LogP) is 3.22. The van der Waals surface area contributed by atoms with Gasteiger partial charge in [-0.2, -0.15) is 0 Å². The summed E-state index contributed by atoms with van der Waals surface area (Å²) in [6.07, 6.45) is 5.90. The summed E-state index contributed by atoms with van der Waals surface area (Å²) in [4.78, 5) is 29.7. The zero-order valence-corrected chi connectivity index (χ0v) is 14.8. The fourth-order valence-corrected chi connectivity index (χ4v) is 4.25. The van der Waals surface area contributed by atoms with E-state index in [4.69, 9.17) is 0 Å². The molecule has 0 aromatic carbocycles. The number of hydrogen-bond donors (Lipinski definition) is 2. The molecule has 0 saturated carbocycles. The number of anilines is 1. The zero-order chi connectivity index (χ0) is 17.1. The van der Waals surface area contributed by atoms with Gasteiger partial charge in [-0.3, -0.25) is 14.6 Å². The fourth-order valence-electron chi connectivity index (χ4n) is 2.92. The molecular weight excluding hydrogens is 322 g/mol. The van der Waals surface area contributed by atoms with E-state index in [-0.39, 0.29) is 11.8 Å². The number of carbonyl (C=O) groups is 2. The van der Waals surface area contributed by atoms with Crippen molar-refractivity contribution >= 4 is 28.2 Å². The van der Waals surface area contributed by atoms with Gasteiger partial charge in [-0.15, -0.1) is 11.3 Å². The zero-order valence-electron chi connectivity index (χ0n) is 13.9. The third kappa shape index (κ3) is 3.64. The van der Waals surface area contributed by atoms with Crippen LogP contribution < -0.4 is 10.6 Å². The molecule has 2 aromatic rings. The molecule has 2 heterocycles. The maximum atomic E-state index is 12.7. The minimum Gasteiger partial charge on any atom is -0.346 e. The van der Waals surface area contributed by atoms with E-state index in [1.54, 1.807) is 6.20 Å². The van der Waals surface area contributed by atoms with Crippen LogP contribution in [-0.2, 0) is 24.2 Å². The lowest BCUT2D eigenvalue weighted by Gasteiger charge is -2.13. The van der Waals surface area contributed by atoms with E-state index in [9.17, 15) is 9.59 Å². The summed E-state index contributed by atoms with van der Waals surface area (Å²) in [6, 6.07) is 3.89. The standard InChI is InChI=1S/C18H21N3O2S/c1-11-7-8-13(19-9-11)10-20-17(23)16-14-5-3-4-6-15(14)24-18(16)21-12(2)22/h7-9H,3-6,10H2,1-2H3,(H,20,23)(H,21,22). The van der Waals surface area contributed by atoms with Gasteiger partial charge < -0.3 is 10.6 Å². The number of aryl methyl sites for hydroxylation is 2. The quantitative estimate of drug-likeness (QED) is 0.895. The topological polar surface area (TPSA) is 71.1 Å². The highest BCUT2D eigenvalue weighted by atomic mass is 32.1. The van der Waals surface area contributed by atoms with E-state index in [1.807, 2.05) is 19.1 Å². The van der Waals surface area contributed by atoms with Crippen LogP contribution in [-0.4, -0.2) is 16.8 Å². The van der Waals surface area contributed by atoms with E-state index in [1.165, 1.54) is 23.1 Å². The molecule has 5 nitrogen and oxygen atoms in total. The molecule has 2 aromatic heterocycles. The first-order valence-corrected chi connectivity index (χ1v) is 8.98. The van der Waals surface area contributed by atoms with Crippen molar-refractivity contribution in [2.24, 2.45) is 0 Å². The Hall–Kier alpha value is -2.21. The molecule has 0 fully saturated rings. The second kappa shape index (κ2) is 7.13. The summed E-state index contributed by atoms with van der Waals surface area (Å²) in [5.74, 6) is -0.289. The number of rotatable bonds is 4. The lowest BCUT2D eigenvalue weighted by molar-refractivity contribution is -0.114. The van der Waals surface area contributed by atoms with Crippen LogP contribution in [0.25, 0.3) is 0 Å². The smallest absolute Gasteiger partial charge is 0.254 e. The lowest BCUT2D eigenvalue weighted by atomic mass is 9.95. The number of fused-ring (bicyclic) bond motifs is 1. The van der Waals surface area contributed by atoms with Gasteiger partial charge in [-0.25, -0.2) is 0 Å². The van der Waals surface area contributed by atoms with Gasteiger partial charge in [0.05, 0.1) is 17.8 Å². The Morgan fingerprint density at radius 1 is 1.25 bits per heavy atom. The Balaban J connectivity index is 1.81. The molecular formula is C18H21N3O2S. The third-order valence-electron chi connectivity index (χ3n) is 4.09. The molecule has 126 valence electrons. The Morgan fingerprint density at radius 3 is 2.75 bits per heavy atom. The molecule has 0 bridgehead atoms. The molecule has 1 aliphatic carbocycles. The molecule has 2 N–H and O–H groups in total. The number of nitrogens with one attached hydrogen (secondary N) is 2. The predicted molar refractivity (Wildman–Crippen MR) is 95.4 cm³/mol. The van der Waals surface area contributed by atoms with E-state index < -0.39 is 0 Å². The maximum Gasteiger partial charge on any atom is 0.254 e. The van der Waals surface area contributed by atoms with Gasteiger partial charge >= 0.3 is 0 Å². The van der Waals surface area contributed by atoms with Crippen LogP contribution in [0, 0.1) is 6.92 Å². The number of carbonyl (C=O) groups excluding carboxylic acids is 2. The van der Waals surface area contributed by atoms with Crippen LogP contribution >= 0.6 is 11.3 Å². The van der Waals surface area contributed by atoms with Gasteiger partial charge in [-0.1, -0.05) is 6.07 Å². The highest BCUT2D eigenvalue weighted by Gasteiger charge is 2.25. The molecule has 0 unspecified atom stereocenters. The monoisotopic (exact) mass is 343 g/mol. The minimum atomic E-state index is -0.150. The first kappa shape index (κ1) is 16.6. The first-order chi connectivity index (χ1) is 11.5. The van der Waals surface area contributed by atoms with Crippen LogP contribution in [0.3, 0.4) is 0 Å². The van der Waals surface area contributed by atoms with E-state index in [0.717, 1.165) is 42.5 Å². The average Bonchev–Trinajstić information content (AvgIpc) is 2.91. The first-order valence-electron chi connectivity index (χ1n) is 8.16. The highest BCUT2D eigenvalue weighted by Crippen LogP contribution is 2.38. The van der Waals surface area contributed by atoms with Crippen molar-refractivity contribution < 1.29 is 9.59 Å². The number of amides is 2. The number of thiophene rings is 1. The molecule has 0 saturated heterocycles. The molecule has 2 amide bonds. The van der Waals surface area contributed by atoms with Gasteiger partial charge in [0.1, 0.15) is 5.00 Å². The van der Waals surface area contributed by atoms with Crippen LogP contribution in [0.5, 0.6) is 0 Å². The van der Waals surface area contributed by atoms with Crippen LogP contribution in [0.4, 0.5) is 5.00 Å². The Labute approximate surface area is 145 Å². The number of pyridine rings is 1. The van der Waals surface area contributed by atoms with Crippen molar-refractivity contribution in [3.63, 3.8) is 0 Å².